The third-order valence-electron chi connectivity index (χ3n) is 10.9. The van der Waals surface area contributed by atoms with Gasteiger partial charge in [-0.25, -0.2) is 15.0 Å². The molecule has 0 atom stereocenters. The first-order valence-corrected chi connectivity index (χ1v) is 18.1. The molecule has 0 aliphatic heterocycles. The first kappa shape index (κ1) is 29.2. The summed E-state index contributed by atoms with van der Waals surface area (Å²) in [6.45, 7) is 0. The minimum absolute atomic E-state index is 0.570. The summed E-state index contributed by atoms with van der Waals surface area (Å²) in [4.78, 5) is 15.3. The van der Waals surface area contributed by atoms with Crippen LogP contribution in [0.2, 0.25) is 0 Å². The zero-order valence-corrected chi connectivity index (χ0v) is 28.7. The van der Waals surface area contributed by atoms with Crippen molar-refractivity contribution in [3.8, 4) is 67.5 Å². The van der Waals surface area contributed by atoms with E-state index in [1.165, 1.54) is 38.6 Å². The zero-order valence-electron chi connectivity index (χ0n) is 28.7. The highest BCUT2D eigenvalue weighted by atomic mass is 16.3. The van der Waals surface area contributed by atoms with Gasteiger partial charge >= 0.3 is 0 Å². The minimum Gasteiger partial charge on any atom is -0.456 e. The Balaban J connectivity index is 1.06. The third-order valence-corrected chi connectivity index (χ3v) is 10.9. The molecule has 0 saturated carbocycles. The van der Waals surface area contributed by atoms with Crippen LogP contribution in [0.3, 0.4) is 0 Å². The van der Waals surface area contributed by atoms with Crippen LogP contribution in [0.5, 0.6) is 0 Å². The van der Waals surface area contributed by atoms with Crippen LogP contribution in [0.15, 0.2) is 173 Å². The van der Waals surface area contributed by atoms with Gasteiger partial charge in [-0.3, -0.25) is 0 Å². The predicted octanol–water partition coefficient (Wildman–Crippen LogP) is 13.1. The Hall–Kier alpha value is -7.37. The second-order valence-electron chi connectivity index (χ2n) is 13.9. The lowest BCUT2D eigenvalue weighted by Crippen LogP contribution is -2.00. The summed E-state index contributed by atoms with van der Waals surface area (Å²) in [7, 11) is 0. The Morgan fingerprint density at radius 1 is 0.315 bits per heavy atom. The number of aromatic nitrogens is 3. The molecule has 0 amide bonds. The SMILES string of the molecule is c1ccc(-c2nc(-c3ccc4c(c3)oc3ccccc34)nc(-c3cccc4oc5ccc(-c6cccc7c6-c6cccc8cccc-7c68)cc5c34)n2)cc1. The third kappa shape index (κ3) is 4.24. The quantitative estimate of drug-likeness (QED) is 0.184. The van der Waals surface area contributed by atoms with Crippen LogP contribution in [0.4, 0.5) is 0 Å². The van der Waals surface area contributed by atoms with E-state index in [1.54, 1.807) is 0 Å². The predicted molar refractivity (Wildman–Crippen MR) is 218 cm³/mol. The summed E-state index contributed by atoms with van der Waals surface area (Å²) >= 11 is 0. The van der Waals surface area contributed by atoms with Gasteiger partial charge in [0.25, 0.3) is 0 Å². The maximum absolute atomic E-state index is 6.52. The van der Waals surface area contributed by atoms with Crippen molar-refractivity contribution in [2.24, 2.45) is 0 Å². The van der Waals surface area contributed by atoms with E-state index >= 15 is 0 Å². The molecule has 0 radical (unpaired) electrons. The lowest BCUT2D eigenvalue weighted by atomic mass is 9.92. The summed E-state index contributed by atoms with van der Waals surface area (Å²) in [6.07, 6.45) is 0. The van der Waals surface area contributed by atoms with Gasteiger partial charge in [0.15, 0.2) is 17.5 Å². The van der Waals surface area contributed by atoms with E-state index in [9.17, 15) is 0 Å². The van der Waals surface area contributed by atoms with E-state index in [0.717, 1.165) is 66.1 Å². The van der Waals surface area contributed by atoms with Gasteiger partial charge in [-0.1, -0.05) is 127 Å². The van der Waals surface area contributed by atoms with Gasteiger partial charge in [-0.2, -0.15) is 0 Å². The highest BCUT2D eigenvalue weighted by molar-refractivity contribution is 6.19. The number of fused-ring (bicyclic) bond motifs is 9. The molecule has 8 aromatic carbocycles. The van der Waals surface area contributed by atoms with E-state index in [2.05, 4.69) is 97.1 Å². The summed E-state index contributed by atoms with van der Waals surface area (Å²) in [5, 5.41) is 6.70. The molecule has 11 aromatic rings. The van der Waals surface area contributed by atoms with Gasteiger partial charge in [0.1, 0.15) is 22.3 Å². The summed E-state index contributed by atoms with van der Waals surface area (Å²) in [6, 6.07) is 56.8. The van der Waals surface area contributed by atoms with Gasteiger partial charge < -0.3 is 8.83 Å². The Labute approximate surface area is 308 Å². The molecule has 0 unspecified atom stereocenters. The molecule has 250 valence electrons. The minimum atomic E-state index is 0.570. The van der Waals surface area contributed by atoms with Gasteiger partial charge in [-0.15, -0.1) is 0 Å². The maximum atomic E-state index is 6.52. The molecule has 0 bridgehead atoms. The molecule has 3 heterocycles. The van der Waals surface area contributed by atoms with Gasteiger partial charge in [0.2, 0.25) is 0 Å². The fourth-order valence-corrected chi connectivity index (χ4v) is 8.47. The van der Waals surface area contributed by atoms with E-state index in [0.29, 0.717) is 17.5 Å². The Kier molecular flexibility index (Phi) is 5.99. The maximum Gasteiger partial charge on any atom is 0.164 e. The molecule has 0 spiro atoms. The van der Waals surface area contributed by atoms with Crippen molar-refractivity contribution in [3.05, 3.63) is 164 Å². The molecular weight excluding hydrogens is 663 g/mol. The average molecular weight is 690 g/mol. The van der Waals surface area contributed by atoms with Crippen LogP contribution < -0.4 is 0 Å². The topological polar surface area (TPSA) is 65.0 Å². The second kappa shape index (κ2) is 11.1. The molecule has 3 aromatic heterocycles. The summed E-state index contributed by atoms with van der Waals surface area (Å²) in [5.74, 6) is 1.74. The Morgan fingerprint density at radius 3 is 1.85 bits per heavy atom. The van der Waals surface area contributed by atoms with E-state index in [4.69, 9.17) is 23.8 Å². The Bertz CT molecular complexity index is 3330. The first-order chi connectivity index (χ1) is 26.7. The van der Waals surface area contributed by atoms with Gasteiger partial charge in [0.05, 0.1) is 0 Å². The van der Waals surface area contributed by atoms with Crippen LogP contribution >= 0.6 is 0 Å². The number of rotatable bonds is 4. The number of hydrogen-bond acceptors (Lipinski definition) is 5. The average Bonchev–Trinajstić information content (AvgIpc) is 3.91. The molecule has 0 fully saturated rings. The van der Waals surface area contributed by atoms with Crippen molar-refractivity contribution in [1.29, 1.82) is 0 Å². The fourth-order valence-electron chi connectivity index (χ4n) is 8.47. The molecule has 1 aliphatic rings. The molecule has 0 N–H and O–H groups in total. The molecule has 5 heteroatoms. The monoisotopic (exact) mass is 689 g/mol. The van der Waals surface area contributed by atoms with Gasteiger partial charge in [0, 0.05) is 38.2 Å². The van der Waals surface area contributed by atoms with Gasteiger partial charge in [-0.05, 0) is 80.6 Å². The van der Waals surface area contributed by atoms with Crippen molar-refractivity contribution in [1.82, 2.24) is 15.0 Å². The molecule has 54 heavy (non-hydrogen) atoms. The van der Waals surface area contributed by atoms with Crippen molar-refractivity contribution >= 4 is 54.6 Å². The molecule has 0 saturated heterocycles. The number of nitrogens with zero attached hydrogens (tertiary/aromatic N) is 3. The van der Waals surface area contributed by atoms with Crippen LogP contribution in [-0.2, 0) is 0 Å². The van der Waals surface area contributed by atoms with E-state index < -0.39 is 0 Å². The van der Waals surface area contributed by atoms with E-state index in [-0.39, 0.29) is 0 Å². The lowest BCUT2D eigenvalue weighted by molar-refractivity contribution is 0.668. The second-order valence-corrected chi connectivity index (χ2v) is 13.9. The first-order valence-electron chi connectivity index (χ1n) is 18.1. The number of hydrogen-bond donors (Lipinski definition) is 0. The van der Waals surface area contributed by atoms with Crippen molar-refractivity contribution < 1.29 is 8.83 Å². The summed E-state index contributed by atoms with van der Waals surface area (Å²) in [5.41, 5.74) is 13.3. The standard InChI is InChI=1S/C49H27N3O2/c1-2-10-29(11-3-1)47-50-48(31-22-24-34-33-14-4-5-20-40(33)54-43(34)27-31)52-49(51-47)38-19-9-21-42-46(38)39-26-30(23-25-41(39)53-42)32-15-8-17-36-35-16-6-12-28-13-7-18-37(44(28)35)45(32)36/h1-27H. The highest BCUT2D eigenvalue weighted by Gasteiger charge is 2.25. The lowest BCUT2D eigenvalue weighted by Gasteiger charge is -2.11. The van der Waals surface area contributed by atoms with Crippen molar-refractivity contribution in [3.63, 3.8) is 0 Å². The van der Waals surface area contributed by atoms with Crippen molar-refractivity contribution in [2.45, 2.75) is 0 Å². The normalized spacial score (nSPS) is 12.1. The molecule has 5 nitrogen and oxygen atoms in total. The zero-order chi connectivity index (χ0) is 35.3. The van der Waals surface area contributed by atoms with Crippen LogP contribution in [-0.4, -0.2) is 15.0 Å². The molecule has 12 rings (SSSR count). The van der Waals surface area contributed by atoms with Crippen LogP contribution in [0.25, 0.3) is 122 Å². The number of benzene rings is 8. The molecule has 1 aliphatic carbocycles. The molecular formula is C49H27N3O2. The fraction of sp³-hybridized carbons (Fsp3) is 0. The number of para-hydroxylation sites is 1. The smallest absolute Gasteiger partial charge is 0.164 e. The summed E-state index contributed by atoms with van der Waals surface area (Å²) < 4.78 is 12.8. The Morgan fingerprint density at radius 2 is 0.944 bits per heavy atom. The highest BCUT2D eigenvalue weighted by Crippen LogP contribution is 2.51. The largest absolute Gasteiger partial charge is 0.456 e. The van der Waals surface area contributed by atoms with Crippen molar-refractivity contribution in [2.75, 3.05) is 0 Å². The van der Waals surface area contributed by atoms with E-state index in [1.807, 2.05) is 66.7 Å². The van der Waals surface area contributed by atoms with Crippen LogP contribution in [0, 0.1) is 0 Å². The van der Waals surface area contributed by atoms with Crippen LogP contribution in [0.1, 0.15) is 0 Å². The number of furan rings is 2.